The van der Waals surface area contributed by atoms with Crippen LogP contribution in [0.25, 0.3) is 0 Å². The van der Waals surface area contributed by atoms with E-state index < -0.39 is 0 Å². The molecular weight excluding hydrogens is 202 g/mol. The molecule has 0 heterocycles. The summed E-state index contributed by atoms with van der Waals surface area (Å²) in [5.41, 5.74) is 0. The number of ether oxygens (including phenoxy) is 1. The number of carbonyl (C=O) groups excluding carboxylic acids is 1. The Hall–Kier alpha value is -0.570. The molecule has 2 fully saturated rings. The van der Waals surface area contributed by atoms with Crippen molar-refractivity contribution >= 4 is 5.97 Å². The molecular formula is C13H23NO2. The van der Waals surface area contributed by atoms with Gasteiger partial charge in [0.25, 0.3) is 0 Å². The maximum atomic E-state index is 11.4. The summed E-state index contributed by atoms with van der Waals surface area (Å²) < 4.78 is 5.12. The zero-order valence-corrected chi connectivity index (χ0v) is 10.2. The van der Waals surface area contributed by atoms with E-state index in [1.54, 1.807) is 0 Å². The van der Waals surface area contributed by atoms with E-state index in [9.17, 15) is 4.79 Å². The molecule has 0 aliphatic heterocycles. The third-order valence-corrected chi connectivity index (χ3v) is 4.01. The van der Waals surface area contributed by atoms with Gasteiger partial charge >= 0.3 is 5.97 Å². The fraction of sp³-hybridized carbons (Fsp3) is 0.923. The largest absolute Gasteiger partial charge is 0.465 e. The first kappa shape index (κ1) is 11.9. The van der Waals surface area contributed by atoms with Crippen LogP contribution in [0.5, 0.6) is 0 Å². The van der Waals surface area contributed by atoms with Crippen LogP contribution in [-0.4, -0.2) is 25.2 Å². The van der Waals surface area contributed by atoms with Crippen LogP contribution in [0.4, 0.5) is 0 Å². The Morgan fingerprint density at radius 1 is 1.38 bits per heavy atom. The van der Waals surface area contributed by atoms with Crippen molar-refractivity contribution in [1.82, 2.24) is 5.32 Å². The lowest BCUT2D eigenvalue weighted by Gasteiger charge is -2.22. The number of hydrogen-bond donors (Lipinski definition) is 1. The maximum absolute atomic E-state index is 11.4. The number of esters is 1. The molecule has 0 aromatic heterocycles. The van der Waals surface area contributed by atoms with Crippen LogP contribution < -0.4 is 5.32 Å². The van der Waals surface area contributed by atoms with E-state index in [1.165, 1.54) is 25.7 Å². The Morgan fingerprint density at radius 3 is 2.88 bits per heavy atom. The van der Waals surface area contributed by atoms with Gasteiger partial charge in [0.2, 0.25) is 0 Å². The van der Waals surface area contributed by atoms with Gasteiger partial charge in [-0.3, -0.25) is 4.79 Å². The van der Waals surface area contributed by atoms with Gasteiger partial charge in [-0.15, -0.1) is 0 Å². The second kappa shape index (κ2) is 5.67. The average molecular weight is 225 g/mol. The minimum atomic E-state index is -0.0868. The van der Waals surface area contributed by atoms with Gasteiger partial charge in [0.05, 0.1) is 13.2 Å². The summed E-state index contributed by atoms with van der Waals surface area (Å²) in [6.07, 6.45) is 7.46. The number of nitrogens with one attached hydrogen (secondary N) is 1. The van der Waals surface area contributed by atoms with Gasteiger partial charge in [-0.1, -0.05) is 19.8 Å². The van der Waals surface area contributed by atoms with E-state index in [-0.39, 0.29) is 5.97 Å². The molecule has 3 unspecified atom stereocenters. The van der Waals surface area contributed by atoms with Gasteiger partial charge in [-0.05, 0) is 37.5 Å². The molecule has 2 aliphatic carbocycles. The lowest BCUT2D eigenvalue weighted by molar-refractivity contribution is -0.142. The van der Waals surface area contributed by atoms with Crippen molar-refractivity contribution in [3.8, 4) is 0 Å². The SMILES string of the molecule is CCCCOC(=O)CNC1CC2CCC1C2. The second-order valence-electron chi connectivity index (χ2n) is 5.24. The van der Waals surface area contributed by atoms with Gasteiger partial charge < -0.3 is 10.1 Å². The molecule has 2 bridgehead atoms. The topological polar surface area (TPSA) is 38.3 Å². The Bertz CT molecular complexity index is 242. The molecule has 0 radical (unpaired) electrons. The van der Waals surface area contributed by atoms with E-state index >= 15 is 0 Å². The molecule has 1 N–H and O–H groups in total. The van der Waals surface area contributed by atoms with Crippen molar-refractivity contribution < 1.29 is 9.53 Å². The normalized spacial score (nSPS) is 31.9. The summed E-state index contributed by atoms with van der Waals surface area (Å²) >= 11 is 0. The van der Waals surface area contributed by atoms with Crippen molar-refractivity contribution in [2.75, 3.05) is 13.2 Å². The number of hydrogen-bond acceptors (Lipinski definition) is 3. The van der Waals surface area contributed by atoms with Crippen molar-refractivity contribution in [1.29, 1.82) is 0 Å². The monoisotopic (exact) mass is 225 g/mol. The van der Waals surface area contributed by atoms with Crippen LogP contribution in [0.15, 0.2) is 0 Å². The molecule has 0 amide bonds. The molecule has 0 spiro atoms. The Morgan fingerprint density at radius 2 is 2.25 bits per heavy atom. The number of unbranched alkanes of at least 4 members (excludes halogenated alkanes) is 1. The quantitative estimate of drug-likeness (QED) is 0.556. The highest BCUT2D eigenvalue weighted by Gasteiger charge is 2.39. The second-order valence-corrected chi connectivity index (χ2v) is 5.24. The maximum Gasteiger partial charge on any atom is 0.319 e. The molecule has 3 heteroatoms. The van der Waals surface area contributed by atoms with Crippen LogP contribution >= 0.6 is 0 Å². The van der Waals surface area contributed by atoms with Crippen LogP contribution in [0.1, 0.15) is 45.4 Å². The lowest BCUT2D eigenvalue weighted by atomic mass is 9.95. The molecule has 0 saturated heterocycles. The molecule has 2 rings (SSSR count). The van der Waals surface area contributed by atoms with E-state index in [1.807, 2.05) is 0 Å². The first-order valence-electron chi connectivity index (χ1n) is 6.68. The minimum absolute atomic E-state index is 0.0868. The van der Waals surface area contributed by atoms with Gasteiger partial charge in [-0.25, -0.2) is 0 Å². The number of rotatable bonds is 6. The molecule has 3 atom stereocenters. The van der Waals surface area contributed by atoms with E-state index in [2.05, 4.69) is 12.2 Å². The first-order chi connectivity index (χ1) is 7.79. The highest BCUT2D eigenvalue weighted by atomic mass is 16.5. The number of fused-ring (bicyclic) bond motifs is 2. The summed E-state index contributed by atoms with van der Waals surface area (Å²) in [7, 11) is 0. The Labute approximate surface area is 97.9 Å². The molecule has 2 aliphatic rings. The zero-order chi connectivity index (χ0) is 11.4. The van der Waals surface area contributed by atoms with Gasteiger partial charge in [-0.2, -0.15) is 0 Å². The average Bonchev–Trinajstić information content (AvgIpc) is 2.88. The fourth-order valence-electron chi connectivity index (χ4n) is 3.09. The van der Waals surface area contributed by atoms with Crippen LogP contribution in [0.2, 0.25) is 0 Å². The van der Waals surface area contributed by atoms with Gasteiger partial charge in [0, 0.05) is 6.04 Å². The molecule has 16 heavy (non-hydrogen) atoms. The summed E-state index contributed by atoms with van der Waals surface area (Å²) in [5.74, 6) is 1.67. The van der Waals surface area contributed by atoms with Crippen molar-refractivity contribution in [2.24, 2.45) is 11.8 Å². The van der Waals surface area contributed by atoms with Crippen molar-refractivity contribution in [3.63, 3.8) is 0 Å². The van der Waals surface area contributed by atoms with E-state index in [0.29, 0.717) is 19.2 Å². The summed E-state index contributed by atoms with van der Waals surface area (Å²) in [6, 6.07) is 0.581. The standard InChI is InChI=1S/C13H23NO2/c1-2-3-6-16-13(15)9-14-12-8-10-4-5-11(12)7-10/h10-12,14H,2-9H2,1H3. The fourth-order valence-corrected chi connectivity index (χ4v) is 3.09. The minimum Gasteiger partial charge on any atom is -0.465 e. The smallest absolute Gasteiger partial charge is 0.319 e. The van der Waals surface area contributed by atoms with Crippen molar-refractivity contribution in [3.05, 3.63) is 0 Å². The van der Waals surface area contributed by atoms with Gasteiger partial charge in [0.1, 0.15) is 0 Å². The highest BCUT2D eigenvalue weighted by Crippen LogP contribution is 2.44. The third kappa shape index (κ3) is 2.97. The zero-order valence-electron chi connectivity index (χ0n) is 10.2. The van der Waals surface area contributed by atoms with E-state index in [4.69, 9.17) is 4.74 Å². The van der Waals surface area contributed by atoms with Crippen LogP contribution in [0, 0.1) is 11.8 Å². The van der Waals surface area contributed by atoms with Gasteiger partial charge in [0.15, 0.2) is 0 Å². The molecule has 0 aromatic rings. The van der Waals surface area contributed by atoms with Crippen LogP contribution in [-0.2, 0) is 9.53 Å². The number of carbonyl (C=O) groups is 1. The molecule has 92 valence electrons. The molecule has 3 nitrogen and oxygen atoms in total. The lowest BCUT2D eigenvalue weighted by Crippen LogP contribution is -2.38. The Balaban J connectivity index is 1.59. The summed E-state index contributed by atoms with van der Waals surface area (Å²) in [6.45, 7) is 3.08. The first-order valence-corrected chi connectivity index (χ1v) is 6.68. The summed E-state index contributed by atoms with van der Waals surface area (Å²) in [5, 5.41) is 3.37. The van der Waals surface area contributed by atoms with Crippen LogP contribution in [0.3, 0.4) is 0 Å². The van der Waals surface area contributed by atoms with Crippen molar-refractivity contribution in [2.45, 2.75) is 51.5 Å². The molecule has 0 aromatic carbocycles. The Kier molecular flexibility index (Phi) is 4.22. The predicted molar refractivity (Wildman–Crippen MR) is 63.1 cm³/mol. The highest BCUT2D eigenvalue weighted by molar-refractivity contribution is 5.71. The molecule has 2 saturated carbocycles. The summed E-state index contributed by atoms with van der Waals surface area (Å²) in [4.78, 5) is 11.4. The van der Waals surface area contributed by atoms with E-state index in [0.717, 1.165) is 24.7 Å². The predicted octanol–water partition coefficient (Wildman–Crippen LogP) is 2.11. The third-order valence-electron chi connectivity index (χ3n) is 4.01.